The van der Waals surface area contributed by atoms with Gasteiger partial charge in [-0.3, -0.25) is 14.5 Å². The van der Waals surface area contributed by atoms with Crippen LogP contribution in [0.15, 0.2) is 54.6 Å². The van der Waals surface area contributed by atoms with Crippen LogP contribution in [-0.4, -0.2) is 64.1 Å². The number of aromatic nitrogens is 2. The van der Waals surface area contributed by atoms with Gasteiger partial charge in [-0.25, -0.2) is 4.68 Å². The average Bonchev–Trinajstić information content (AvgIpc) is 3.13. The number of nitrogens with one attached hydrogen (secondary N) is 1. The number of benzene rings is 2. The molecule has 1 fully saturated rings. The molecule has 196 valence electrons. The lowest BCUT2D eigenvalue weighted by atomic mass is 10.1. The Hall–Kier alpha value is -2.87. The lowest BCUT2D eigenvalue weighted by molar-refractivity contribution is -0.122. The van der Waals surface area contributed by atoms with E-state index in [0.29, 0.717) is 47.7 Å². The second kappa shape index (κ2) is 12.6. The smallest absolute Gasteiger partial charge is 0.253 e. The van der Waals surface area contributed by atoms with Crippen LogP contribution in [0.25, 0.3) is 5.69 Å². The molecule has 0 unspecified atom stereocenters. The minimum absolute atomic E-state index is 0.0519. The molecule has 1 N–H and O–H groups in total. The van der Waals surface area contributed by atoms with E-state index in [1.54, 1.807) is 18.2 Å². The highest BCUT2D eigenvalue weighted by Gasteiger charge is 2.22. The Morgan fingerprint density at radius 3 is 2.49 bits per heavy atom. The number of hydrogen-bond acceptors (Lipinski definition) is 4. The van der Waals surface area contributed by atoms with Gasteiger partial charge in [-0.1, -0.05) is 55.2 Å². The Morgan fingerprint density at radius 1 is 0.973 bits per heavy atom. The lowest BCUT2D eigenvalue weighted by Gasteiger charge is -2.22. The van der Waals surface area contributed by atoms with E-state index < -0.39 is 0 Å². The van der Waals surface area contributed by atoms with Crippen molar-refractivity contribution in [3.8, 4) is 5.69 Å². The van der Waals surface area contributed by atoms with Crippen molar-refractivity contribution in [1.29, 1.82) is 0 Å². The Kier molecular flexibility index (Phi) is 9.24. The summed E-state index contributed by atoms with van der Waals surface area (Å²) in [7, 11) is 0. The van der Waals surface area contributed by atoms with Crippen molar-refractivity contribution in [2.45, 2.75) is 33.2 Å². The summed E-state index contributed by atoms with van der Waals surface area (Å²) in [5.41, 5.74) is 3.50. The van der Waals surface area contributed by atoms with Crippen LogP contribution < -0.4 is 5.32 Å². The lowest BCUT2D eigenvalue weighted by Crippen LogP contribution is -2.40. The number of amides is 2. The number of hydrogen-bond donors (Lipinski definition) is 1. The number of nitrogens with zero attached hydrogens (tertiary/aromatic N) is 4. The number of para-hydroxylation sites is 1. The first-order valence-electron chi connectivity index (χ1n) is 12.7. The van der Waals surface area contributed by atoms with Crippen molar-refractivity contribution in [1.82, 2.24) is 24.9 Å². The van der Waals surface area contributed by atoms with E-state index in [1.165, 1.54) is 0 Å². The predicted molar refractivity (Wildman–Crippen MR) is 147 cm³/mol. The van der Waals surface area contributed by atoms with Gasteiger partial charge in [-0.15, -0.1) is 0 Å². The fraction of sp³-hybridized carbons (Fsp3) is 0.393. The Bertz CT molecular complexity index is 1230. The van der Waals surface area contributed by atoms with E-state index in [1.807, 2.05) is 39.9 Å². The normalized spacial score (nSPS) is 14.6. The third-order valence-corrected chi connectivity index (χ3v) is 7.07. The molecule has 3 aromatic rings. The number of halogens is 2. The fourth-order valence-corrected chi connectivity index (χ4v) is 4.81. The van der Waals surface area contributed by atoms with Gasteiger partial charge in [0.1, 0.15) is 0 Å². The molecule has 9 heteroatoms. The molecule has 1 saturated heterocycles. The van der Waals surface area contributed by atoms with Gasteiger partial charge >= 0.3 is 0 Å². The Morgan fingerprint density at radius 2 is 1.76 bits per heavy atom. The maximum absolute atomic E-state index is 12.9. The summed E-state index contributed by atoms with van der Waals surface area (Å²) in [6, 6.07) is 17.1. The van der Waals surface area contributed by atoms with Crippen LogP contribution in [-0.2, 0) is 17.8 Å². The van der Waals surface area contributed by atoms with Crippen molar-refractivity contribution < 1.29 is 9.59 Å². The summed E-state index contributed by atoms with van der Waals surface area (Å²) in [5, 5.41) is 8.57. The fourth-order valence-electron chi connectivity index (χ4n) is 4.51. The third-order valence-electron chi connectivity index (χ3n) is 6.33. The SMILES string of the molecule is CC(C)Cc1cc(CNC(=O)CN2CCCN(C(=O)c3ccc(Cl)c(Cl)c3)CC2)nn1-c1ccccc1. The van der Waals surface area contributed by atoms with Crippen LogP contribution >= 0.6 is 23.2 Å². The first-order chi connectivity index (χ1) is 17.8. The molecule has 37 heavy (non-hydrogen) atoms. The summed E-state index contributed by atoms with van der Waals surface area (Å²) in [4.78, 5) is 29.6. The molecule has 1 aromatic heterocycles. The number of carbonyl (C=O) groups is 2. The summed E-state index contributed by atoms with van der Waals surface area (Å²) in [6.07, 6.45) is 1.70. The van der Waals surface area contributed by atoms with E-state index in [0.717, 1.165) is 36.5 Å². The van der Waals surface area contributed by atoms with Gasteiger partial charge in [0.2, 0.25) is 5.91 Å². The van der Waals surface area contributed by atoms with E-state index in [-0.39, 0.29) is 18.4 Å². The molecule has 0 aliphatic carbocycles. The zero-order valence-corrected chi connectivity index (χ0v) is 22.8. The van der Waals surface area contributed by atoms with Crippen molar-refractivity contribution in [2.75, 3.05) is 32.7 Å². The van der Waals surface area contributed by atoms with E-state index in [4.69, 9.17) is 28.3 Å². The highest BCUT2D eigenvalue weighted by Crippen LogP contribution is 2.23. The monoisotopic (exact) mass is 541 g/mol. The first kappa shape index (κ1) is 27.2. The van der Waals surface area contributed by atoms with Crippen molar-refractivity contribution >= 4 is 35.0 Å². The zero-order valence-electron chi connectivity index (χ0n) is 21.3. The number of carbonyl (C=O) groups excluding carboxylic acids is 2. The quantitative estimate of drug-likeness (QED) is 0.442. The van der Waals surface area contributed by atoms with E-state index in [9.17, 15) is 9.59 Å². The maximum Gasteiger partial charge on any atom is 0.253 e. The summed E-state index contributed by atoms with van der Waals surface area (Å²) >= 11 is 12.1. The Balaban J connectivity index is 1.31. The van der Waals surface area contributed by atoms with Crippen molar-refractivity contribution in [3.63, 3.8) is 0 Å². The molecule has 0 saturated carbocycles. The van der Waals surface area contributed by atoms with E-state index >= 15 is 0 Å². The molecule has 1 aliphatic heterocycles. The van der Waals surface area contributed by atoms with Crippen molar-refractivity contribution in [3.05, 3.63) is 81.6 Å². The molecule has 0 spiro atoms. The van der Waals surface area contributed by atoms with Crippen LogP contribution in [0.5, 0.6) is 0 Å². The highest BCUT2D eigenvalue weighted by atomic mass is 35.5. The molecule has 2 amide bonds. The zero-order chi connectivity index (χ0) is 26.4. The second-order valence-electron chi connectivity index (χ2n) is 9.80. The van der Waals surface area contributed by atoms with Crippen LogP contribution in [0, 0.1) is 5.92 Å². The topological polar surface area (TPSA) is 70.5 Å². The summed E-state index contributed by atoms with van der Waals surface area (Å²) in [6.45, 7) is 7.59. The van der Waals surface area contributed by atoms with Gasteiger partial charge in [0, 0.05) is 37.4 Å². The second-order valence-corrected chi connectivity index (χ2v) is 10.6. The molecule has 1 aliphatic rings. The summed E-state index contributed by atoms with van der Waals surface area (Å²) < 4.78 is 1.97. The van der Waals surface area contributed by atoms with Crippen molar-refractivity contribution in [2.24, 2.45) is 5.92 Å². The standard InChI is InChI=1S/C28H33Cl2N5O2/c1-20(2)15-24-17-22(32-35(24)23-7-4-3-5-8-23)18-31-27(36)19-33-11-6-12-34(14-13-33)28(37)21-9-10-25(29)26(30)16-21/h3-5,7-10,16-17,20H,6,11-15,18-19H2,1-2H3,(H,31,36). The van der Waals surface area contributed by atoms with Gasteiger partial charge in [-0.2, -0.15) is 5.10 Å². The minimum atomic E-state index is -0.0731. The Labute approximate surface area is 228 Å². The molecular weight excluding hydrogens is 509 g/mol. The molecule has 0 radical (unpaired) electrons. The summed E-state index contributed by atoms with van der Waals surface area (Å²) in [5.74, 6) is 0.368. The predicted octanol–water partition coefficient (Wildman–Crippen LogP) is 4.84. The van der Waals surface area contributed by atoms with Crippen LogP contribution in [0.3, 0.4) is 0 Å². The molecular formula is C28H33Cl2N5O2. The first-order valence-corrected chi connectivity index (χ1v) is 13.4. The van der Waals surface area contributed by atoms with Crippen LogP contribution in [0.4, 0.5) is 0 Å². The molecule has 7 nitrogen and oxygen atoms in total. The third kappa shape index (κ3) is 7.34. The molecule has 4 rings (SSSR count). The van der Waals surface area contributed by atoms with Gasteiger partial charge in [-0.05, 0) is 55.2 Å². The minimum Gasteiger partial charge on any atom is -0.349 e. The molecule has 0 atom stereocenters. The van der Waals surface area contributed by atoms with Crippen LogP contribution in [0.1, 0.15) is 42.0 Å². The largest absolute Gasteiger partial charge is 0.349 e. The molecule has 2 heterocycles. The average molecular weight is 543 g/mol. The van der Waals surface area contributed by atoms with Gasteiger partial charge < -0.3 is 10.2 Å². The highest BCUT2D eigenvalue weighted by molar-refractivity contribution is 6.42. The van der Waals surface area contributed by atoms with Gasteiger partial charge in [0.05, 0.1) is 34.5 Å². The van der Waals surface area contributed by atoms with Gasteiger partial charge in [0.15, 0.2) is 0 Å². The maximum atomic E-state index is 12.9. The molecule has 0 bridgehead atoms. The van der Waals surface area contributed by atoms with E-state index in [2.05, 4.69) is 30.1 Å². The van der Waals surface area contributed by atoms with Gasteiger partial charge in [0.25, 0.3) is 5.91 Å². The molecule has 2 aromatic carbocycles. The number of rotatable bonds is 8. The van der Waals surface area contributed by atoms with Crippen LogP contribution in [0.2, 0.25) is 10.0 Å².